The van der Waals surface area contributed by atoms with E-state index in [1.807, 2.05) is 0 Å². The molecule has 12 nitrogen and oxygen atoms in total. The third kappa shape index (κ3) is 7.26. The van der Waals surface area contributed by atoms with Gasteiger partial charge >= 0.3 is 11.9 Å². The van der Waals surface area contributed by atoms with Crippen molar-refractivity contribution in [2.24, 2.45) is 5.92 Å². The Morgan fingerprint density at radius 1 is 1.16 bits per heavy atom. The molecule has 2 fully saturated rings. The van der Waals surface area contributed by atoms with Gasteiger partial charge in [-0.15, -0.1) is 0 Å². The minimum absolute atomic E-state index is 0.00529. The molecule has 2 aliphatic rings. The molecule has 1 aliphatic carbocycles. The molecule has 1 aliphatic heterocycles. The van der Waals surface area contributed by atoms with Crippen LogP contribution in [0.2, 0.25) is 0 Å². The van der Waals surface area contributed by atoms with Gasteiger partial charge in [0.1, 0.15) is 6.20 Å². The van der Waals surface area contributed by atoms with Crippen LogP contribution in [0.4, 0.5) is 30.6 Å². The third-order valence-electron chi connectivity index (χ3n) is 6.79. The van der Waals surface area contributed by atoms with Crippen molar-refractivity contribution in [3.63, 3.8) is 0 Å². The predicted molar refractivity (Wildman–Crippen MR) is 133 cm³/mol. The Morgan fingerprint density at radius 3 is 2.50 bits per heavy atom. The number of nitro groups is 1. The van der Waals surface area contributed by atoms with E-state index in [-0.39, 0.29) is 41.5 Å². The smallest absolute Gasteiger partial charge is 0.364 e. The normalized spacial score (nSPS) is 21.1. The van der Waals surface area contributed by atoms with Crippen molar-refractivity contribution in [1.29, 1.82) is 0 Å². The van der Waals surface area contributed by atoms with E-state index in [0.717, 1.165) is 56.6 Å². The highest BCUT2D eigenvalue weighted by atomic mass is 32.2. The number of pyridine rings is 1. The van der Waals surface area contributed by atoms with Gasteiger partial charge in [0, 0.05) is 56.2 Å². The Kier molecular flexibility index (Phi) is 8.32. The van der Waals surface area contributed by atoms with Crippen molar-refractivity contribution in [1.82, 2.24) is 24.6 Å². The maximum Gasteiger partial charge on any atom is 0.416 e. The van der Waals surface area contributed by atoms with Gasteiger partial charge < -0.3 is 10.6 Å². The minimum Gasteiger partial charge on any atom is -0.364 e. The van der Waals surface area contributed by atoms with Crippen LogP contribution in [-0.2, 0) is 22.7 Å². The van der Waals surface area contributed by atoms with E-state index >= 15 is 0 Å². The van der Waals surface area contributed by atoms with Gasteiger partial charge in [-0.25, -0.2) is 18.1 Å². The molecule has 4 rings (SSSR count). The highest BCUT2D eigenvalue weighted by molar-refractivity contribution is 7.88. The van der Waals surface area contributed by atoms with E-state index in [4.69, 9.17) is 0 Å². The summed E-state index contributed by atoms with van der Waals surface area (Å²) in [4.78, 5) is 24.9. The molecule has 3 heterocycles. The van der Waals surface area contributed by atoms with Gasteiger partial charge in [-0.1, -0.05) is 0 Å². The highest BCUT2D eigenvalue weighted by Crippen LogP contribution is 2.33. The van der Waals surface area contributed by atoms with Crippen LogP contribution in [0.15, 0.2) is 24.7 Å². The molecule has 16 heteroatoms. The Balaban J connectivity index is 1.31. The molecule has 0 unspecified atom stereocenters. The van der Waals surface area contributed by atoms with Crippen LogP contribution in [0.5, 0.6) is 0 Å². The molecule has 1 saturated carbocycles. The number of aromatic nitrogens is 3. The molecule has 2 aromatic heterocycles. The second kappa shape index (κ2) is 11.3. The molecular formula is C22H29F3N8O4S. The summed E-state index contributed by atoms with van der Waals surface area (Å²) >= 11 is 0. The SMILES string of the molecule is CS(=O)(=O)NC1CN(C2CCC(CNc3nc(NCc4cnccc4C(F)(F)F)ncc3[N+](=O)[O-])CC2)C1. The van der Waals surface area contributed by atoms with E-state index in [1.165, 1.54) is 0 Å². The first-order chi connectivity index (χ1) is 17.9. The van der Waals surface area contributed by atoms with Crippen molar-refractivity contribution in [3.05, 3.63) is 45.9 Å². The van der Waals surface area contributed by atoms with Crippen LogP contribution >= 0.6 is 0 Å². The number of halogens is 3. The van der Waals surface area contributed by atoms with Crippen LogP contribution in [0.1, 0.15) is 36.8 Å². The Morgan fingerprint density at radius 2 is 1.87 bits per heavy atom. The van der Waals surface area contributed by atoms with Crippen LogP contribution in [0.3, 0.4) is 0 Å². The quantitative estimate of drug-likeness (QED) is 0.293. The molecule has 0 aromatic carbocycles. The average molecular weight is 559 g/mol. The zero-order valence-electron chi connectivity index (χ0n) is 20.6. The molecule has 3 N–H and O–H groups in total. The number of sulfonamides is 1. The number of rotatable bonds is 10. The monoisotopic (exact) mass is 558 g/mol. The summed E-state index contributed by atoms with van der Waals surface area (Å²) in [6.07, 6.45) is 3.43. The number of alkyl halides is 3. The first-order valence-corrected chi connectivity index (χ1v) is 14.0. The van der Waals surface area contributed by atoms with Gasteiger partial charge in [0.2, 0.25) is 21.8 Å². The lowest BCUT2D eigenvalue weighted by Gasteiger charge is -2.46. The maximum atomic E-state index is 13.2. The lowest BCUT2D eigenvalue weighted by atomic mass is 9.84. The zero-order valence-corrected chi connectivity index (χ0v) is 21.4. The highest BCUT2D eigenvalue weighted by Gasteiger charge is 2.36. The first kappa shape index (κ1) is 27.9. The van der Waals surface area contributed by atoms with E-state index in [0.29, 0.717) is 25.7 Å². The predicted octanol–water partition coefficient (Wildman–Crippen LogP) is 2.61. The summed E-state index contributed by atoms with van der Waals surface area (Å²) in [7, 11) is -3.22. The molecule has 0 bridgehead atoms. The fourth-order valence-corrected chi connectivity index (χ4v) is 5.64. The van der Waals surface area contributed by atoms with Crippen molar-refractivity contribution >= 4 is 27.5 Å². The Bertz CT molecular complexity index is 1250. The standard InChI is InChI=1S/C22H29F3N8O4S/c1-38(36,37)31-16-12-32(13-16)17-4-2-14(3-5-17)8-27-20-19(33(34)35)11-29-21(30-20)28-10-15-9-26-7-6-18(15)22(23,24)25/h6-7,9,11,14,16-17,31H,2-5,8,10,12-13H2,1H3,(H2,27,28,29,30). The van der Waals surface area contributed by atoms with Crippen LogP contribution in [0.25, 0.3) is 0 Å². The number of anilines is 2. The lowest BCUT2D eigenvalue weighted by Crippen LogP contribution is -2.62. The molecule has 0 radical (unpaired) electrons. The molecule has 0 spiro atoms. The minimum atomic E-state index is -4.55. The fraction of sp³-hybridized carbons (Fsp3) is 0.591. The molecule has 1 saturated heterocycles. The summed E-state index contributed by atoms with van der Waals surface area (Å²) < 4.78 is 65.0. The summed E-state index contributed by atoms with van der Waals surface area (Å²) in [5, 5.41) is 17.2. The van der Waals surface area contributed by atoms with Gasteiger partial charge in [0.25, 0.3) is 0 Å². The number of likely N-dealkylation sites (tertiary alicyclic amines) is 1. The number of nitrogens with one attached hydrogen (secondary N) is 3. The average Bonchev–Trinajstić information content (AvgIpc) is 2.83. The van der Waals surface area contributed by atoms with Crippen molar-refractivity contribution in [2.75, 3.05) is 36.5 Å². The lowest BCUT2D eigenvalue weighted by molar-refractivity contribution is -0.384. The van der Waals surface area contributed by atoms with E-state index in [1.54, 1.807) is 0 Å². The van der Waals surface area contributed by atoms with E-state index < -0.39 is 26.7 Å². The fourth-order valence-electron chi connectivity index (χ4n) is 4.89. The van der Waals surface area contributed by atoms with E-state index in [2.05, 4.69) is 35.2 Å². The summed E-state index contributed by atoms with van der Waals surface area (Å²) in [5.74, 6) is 0.205. The second-order valence-electron chi connectivity index (χ2n) is 9.66. The Labute approximate surface area is 217 Å². The molecule has 2 aromatic rings. The third-order valence-corrected chi connectivity index (χ3v) is 7.55. The van der Waals surface area contributed by atoms with Gasteiger partial charge in [0.05, 0.1) is 16.7 Å². The maximum absolute atomic E-state index is 13.2. The molecule has 0 atom stereocenters. The van der Waals surface area contributed by atoms with Gasteiger partial charge in [0.15, 0.2) is 0 Å². The number of hydrogen-bond acceptors (Lipinski definition) is 10. The van der Waals surface area contributed by atoms with Crippen LogP contribution in [-0.4, -0.2) is 71.2 Å². The molecule has 208 valence electrons. The van der Waals surface area contributed by atoms with Gasteiger partial charge in [-0.05, 0) is 37.7 Å². The van der Waals surface area contributed by atoms with Gasteiger partial charge in [-0.2, -0.15) is 18.2 Å². The van der Waals surface area contributed by atoms with Gasteiger partial charge in [-0.3, -0.25) is 20.0 Å². The topological polar surface area (TPSA) is 155 Å². The van der Waals surface area contributed by atoms with Crippen LogP contribution in [0, 0.1) is 16.0 Å². The Hall–Kier alpha value is -3.11. The van der Waals surface area contributed by atoms with Crippen LogP contribution < -0.4 is 15.4 Å². The molecule has 0 amide bonds. The van der Waals surface area contributed by atoms with Crippen molar-refractivity contribution in [2.45, 2.75) is 50.5 Å². The zero-order chi connectivity index (χ0) is 27.5. The first-order valence-electron chi connectivity index (χ1n) is 12.1. The summed E-state index contributed by atoms with van der Waals surface area (Å²) in [5.41, 5.74) is -1.27. The largest absolute Gasteiger partial charge is 0.416 e. The summed E-state index contributed by atoms with van der Waals surface area (Å²) in [6, 6.07) is 1.20. The van der Waals surface area contributed by atoms with Crippen molar-refractivity contribution in [3.8, 4) is 0 Å². The number of nitrogens with zero attached hydrogens (tertiary/aromatic N) is 5. The second-order valence-corrected chi connectivity index (χ2v) is 11.4. The number of hydrogen-bond donors (Lipinski definition) is 3. The van der Waals surface area contributed by atoms with Crippen molar-refractivity contribution < 1.29 is 26.5 Å². The molecular weight excluding hydrogens is 529 g/mol. The summed E-state index contributed by atoms with van der Waals surface area (Å²) in [6.45, 7) is 1.56. The van der Waals surface area contributed by atoms with E-state index in [9.17, 15) is 31.7 Å². The molecule has 38 heavy (non-hydrogen) atoms.